The minimum absolute atomic E-state index is 0.00897. The number of benzene rings is 2. The van der Waals surface area contributed by atoms with Gasteiger partial charge in [0.05, 0.1) is 13.2 Å². The summed E-state index contributed by atoms with van der Waals surface area (Å²) in [5.41, 5.74) is 7.19. The van der Waals surface area contributed by atoms with E-state index in [-0.39, 0.29) is 42.7 Å². The summed E-state index contributed by atoms with van der Waals surface area (Å²) in [6.45, 7) is 0.540. The van der Waals surface area contributed by atoms with E-state index in [1.165, 1.54) is 33.4 Å². The fourth-order valence-corrected chi connectivity index (χ4v) is 7.06. The lowest BCUT2D eigenvalue weighted by Crippen LogP contribution is -2.51. The number of aliphatic hydroxyl groups is 2. The van der Waals surface area contributed by atoms with Gasteiger partial charge in [-0.2, -0.15) is 0 Å². The lowest BCUT2D eigenvalue weighted by molar-refractivity contribution is 0.201. The Hall–Kier alpha value is -3.60. The standard InChI is InChI=1S/C32H28O4/c33-13-15-35-28-7-3-23(4-8-28)32(24-5-9-29(10-6-24)36-16-14-34)21-30-12-11-22-17-27(30)18-25-1-2-26(32)20-31(25,30)19-22/h1-12,17-20,33-34H,13-16,21H2. The first kappa shape index (κ1) is 21.7. The summed E-state index contributed by atoms with van der Waals surface area (Å²) in [5, 5.41) is 18.3. The summed E-state index contributed by atoms with van der Waals surface area (Å²) < 4.78 is 11.3. The second-order valence-corrected chi connectivity index (χ2v) is 10.2. The number of rotatable bonds is 8. The maximum Gasteiger partial charge on any atom is 0.119 e. The van der Waals surface area contributed by atoms with Gasteiger partial charge in [-0.25, -0.2) is 0 Å². The number of hydrogen-bond acceptors (Lipinski definition) is 4. The molecule has 2 aromatic carbocycles. The molecule has 36 heavy (non-hydrogen) atoms. The van der Waals surface area contributed by atoms with E-state index >= 15 is 0 Å². The van der Waals surface area contributed by atoms with Crippen LogP contribution in [-0.4, -0.2) is 36.6 Å². The lowest BCUT2D eigenvalue weighted by Gasteiger charge is -2.58. The monoisotopic (exact) mass is 476 g/mol. The van der Waals surface area contributed by atoms with Crippen LogP contribution in [0.1, 0.15) is 17.5 Å². The third-order valence-corrected chi connectivity index (χ3v) is 8.60. The van der Waals surface area contributed by atoms with E-state index in [2.05, 4.69) is 72.9 Å². The van der Waals surface area contributed by atoms with Crippen LogP contribution in [0.25, 0.3) is 0 Å². The zero-order valence-corrected chi connectivity index (χ0v) is 20.0. The van der Waals surface area contributed by atoms with Crippen LogP contribution in [0.2, 0.25) is 0 Å². The molecule has 0 heterocycles. The average Bonchev–Trinajstić information content (AvgIpc) is 3.13. The Morgan fingerprint density at radius 1 is 0.667 bits per heavy atom. The third kappa shape index (κ3) is 2.71. The van der Waals surface area contributed by atoms with E-state index in [1.807, 2.05) is 24.3 Å². The molecule has 0 radical (unpaired) electrons. The molecule has 8 rings (SSSR count). The molecule has 4 nitrogen and oxygen atoms in total. The quantitative estimate of drug-likeness (QED) is 0.565. The SMILES string of the molecule is OCCOc1ccc(C2(c3ccc(OCCO)cc3)CC34C=CC5=CC36C=C2C=CC6=CC4=C5)cc1. The van der Waals surface area contributed by atoms with Crippen LogP contribution < -0.4 is 9.47 Å². The van der Waals surface area contributed by atoms with Crippen LogP contribution in [-0.2, 0) is 5.41 Å². The maximum absolute atomic E-state index is 9.16. The van der Waals surface area contributed by atoms with E-state index < -0.39 is 0 Å². The van der Waals surface area contributed by atoms with Gasteiger partial charge in [-0.05, 0) is 64.1 Å². The molecule has 0 fully saturated rings. The Kier molecular flexibility index (Phi) is 4.63. The molecule has 5 bridgehead atoms. The van der Waals surface area contributed by atoms with Crippen LogP contribution in [0, 0.1) is 10.8 Å². The van der Waals surface area contributed by atoms with E-state index in [0.717, 1.165) is 17.9 Å². The Balaban J connectivity index is 1.41. The molecule has 6 aliphatic carbocycles. The zero-order valence-electron chi connectivity index (χ0n) is 20.0. The van der Waals surface area contributed by atoms with Crippen molar-refractivity contribution >= 4 is 0 Å². The highest BCUT2D eigenvalue weighted by Crippen LogP contribution is 2.73. The van der Waals surface area contributed by atoms with Crippen LogP contribution in [0.15, 0.2) is 119 Å². The first-order chi connectivity index (χ1) is 17.6. The fourth-order valence-electron chi connectivity index (χ4n) is 7.06. The maximum atomic E-state index is 9.16. The molecule has 2 unspecified atom stereocenters. The number of ether oxygens (including phenoxy) is 2. The van der Waals surface area contributed by atoms with Gasteiger partial charge in [-0.3, -0.25) is 0 Å². The molecule has 2 spiro atoms. The Labute approximate surface area is 210 Å². The first-order valence-electron chi connectivity index (χ1n) is 12.6. The van der Waals surface area contributed by atoms with Gasteiger partial charge < -0.3 is 19.7 Å². The number of allylic oxidation sites excluding steroid dienone is 12. The van der Waals surface area contributed by atoms with Crippen molar-refractivity contribution in [3.05, 3.63) is 131 Å². The van der Waals surface area contributed by atoms with E-state index in [9.17, 15) is 0 Å². The minimum Gasteiger partial charge on any atom is -0.491 e. The molecule has 2 aromatic rings. The highest BCUT2D eigenvalue weighted by atomic mass is 16.5. The summed E-state index contributed by atoms with van der Waals surface area (Å²) in [4.78, 5) is 0. The molecule has 0 aromatic heterocycles. The second kappa shape index (κ2) is 7.70. The van der Waals surface area contributed by atoms with Gasteiger partial charge in [0.15, 0.2) is 0 Å². The average molecular weight is 477 g/mol. The number of aliphatic hydroxyl groups excluding tert-OH is 2. The van der Waals surface area contributed by atoms with Crippen molar-refractivity contribution in [1.29, 1.82) is 0 Å². The van der Waals surface area contributed by atoms with Crippen molar-refractivity contribution in [2.24, 2.45) is 10.8 Å². The fraction of sp³-hybridized carbons (Fsp3) is 0.250. The molecule has 0 saturated heterocycles. The van der Waals surface area contributed by atoms with E-state index in [1.54, 1.807) is 0 Å². The van der Waals surface area contributed by atoms with Gasteiger partial charge in [0.2, 0.25) is 0 Å². The molecule has 0 amide bonds. The Morgan fingerprint density at radius 3 is 1.89 bits per heavy atom. The molecule has 180 valence electrons. The van der Waals surface area contributed by atoms with Gasteiger partial charge >= 0.3 is 0 Å². The summed E-state index contributed by atoms with van der Waals surface area (Å²) >= 11 is 0. The van der Waals surface area contributed by atoms with Gasteiger partial charge in [0.1, 0.15) is 24.7 Å². The van der Waals surface area contributed by atoms with E-state index in [4.69, 9.17) is 19.7 Å². The van der Waals surface area contributed by atoms with Crippen LogP contribution in [0.4, 0.5) is 0 Å². The van der Waals surface area contributed by atoms with Crippen molar-refractivity contribution in [3.63, 3.8) is 0 Å². The smallest absolute Gasteiger partial charge is 0.119 e. The van der Waals surface area contributed by atoms with Crippen LogP contribution >= 0.6 is 0 Å². The second-order valence-electron chi connectivity index (χ2n) is 10.2. The highest BCUT2D eigenvalue weighted by molar-refractivity contribution is 5.74. The zero-order chi connectivity index (χ0) is 24.4. The van der Waals surface area contributed by atoms with Gasteiger partial charge in [-0.15, -0.1) is 0 Å². The van der Waals surface area contributed by atoms with Crippen LogP contribution in [0.3, 0.4) is 0 Å². The molecule has 0 aliphatic heterocycles. The molecule has 2 N–H and O–H groups in total. The third-order valence-electron chi connectivity index (χ3n) is 8.60. The minimum atomic E-state index is -0.374. The molecular formula is C32H28O4. The summed E-state index contributed by atoms with van der Waals surface area (Å²) in [6.07, 6.45) is 20.0. The van der Waals surface area contributed by atoms with Crippen molar-refractivity contribution < 1.29 is 19.7 Å². The van der Waals surface area contributed by atoms with Gasteiger partial charge in [0, 0.05) is 16.2 Å². The normalized spacial score (nSPS) is 27.3. The van der Waals surface area contributed by atoms with Crippen molar-refractivity contribution in [2.45, 2.75) is 11.8 Å². The summed E-state index contributed by atoms with van der Waals surface area (Å²) in [6, 6.07) is 16.7. The highest BCUT2D eigenvalue weighted by Gasteiger charge is 2.64. The molecule has 2 atom stereocenters. The van der Waals surface area contributed by atoms with Crippen LogP contribution in [0.5, 0.6) is 11.5 Å². The molecule has 0 saturated carbocycles. The summed E-state index contributed by atoms with van der Waals surface area (Å²) in [5.74, 6) is 1.51. The van der Waals surface area contributed by atoms with Gasteiger partial charge in [0.25, 0.3) is 0 Å². The van der Waals surface area contributed by atoms with Crippen molar-refractivity contribution in [3.8, 4) is 11.5 Å². The largest absolute Gasteiger partial charge is 0.491 e. The molecule has 6 aliphatic rings. The Morgan fingerprint density at radius 2 is 1.28 bits per heavy atom. The topological polar surface area (TPSA) is 58.9 Å². The Bertz CT molecular complexity index is 1370. The van der Waals surface area contributed by atoms with Gasteiger partial charge in [-0.1, -0.05) is 72.9 Å². The lowest BCUT2D eigenvalue weighted by atomic mass is 9.43. The van der Waals surface area contributed by atoms with Crippen molar-refractivity contribution in [2.75, 3.05) is 26.4 Å². The van der Waals surface area contributed by atoms with Crippen molar-refractivity contribution in [1.82, 2.24) is 0 Å². The summed E-state index contributed by atoms with van der Waals surface area (Å²) in [7, 11) is 0. The van der Waals surface area contributed by atoms with E-state index in [0.29, 0.717) is 0 Å². The molecular weight excluding hydrogens is 448 g/mol. The molecule has 4 heteroatoms. The first-order valence-corrected chi connectivity index (χ1v) is 12.6. The predicted octanol–water partition coefficient (Wildman–Crippen LogP) is 4.96. The number of hydrogen-bond donors (Lipinski definition) is 2. The predicted molar refractivity (Wildman–Crippen MR) is 139 cm³/mol.